The minimum Gasteiger partial charge on any atom is -0.497 e. The number of methoxy groups -OCH3 is 1. The Balaban J connectivity index is 2.20. The number of thiazole rings is 1. The zero-order chi connectivity index (χ0) is 16.3. The van der Waals surface area contributed by atoms with E-state index in [4.69, 9.17) is 9.84 Å². The van der Waals surface area contributed by atoms with E-state index >= 15 is 0 Å². The smallest absolute Gasteiger partial charge is 0.326 e. The maximum absolute atomic E-state index is 12.2. The second-order valence-electron chi connectivity index (χ2n) is 4.69. The van der Waals surface area contributed by atoms with E-state index in [-0.39, 0.29) is 5.91 Å². The molecule has 0 radical (unpaired) electrons. The van der Waals surface area contributed by atoms with Crippen LogP contribution in [0.4, 0.5) is 0 Å². The summed E-state index contributed by atoms with van der Waals surface area (Å²) in [7, 11) is 3.06. The van der Waals surface area contributed by atoms with E-state index < -0.39 is 12.0 Å². The van der Waals surface area contributed by atoms with Gasteiger partial charge in [0.15, 0.2) is 0 Å². The molecule has 6 nitrogen and oxygen atoms in total. The minimum absolute atomic E-state index is 0.354. The number of carboxylic acids is 1. The van der Waals surface area contributed by atoms with Gasteiger partial charge in [-0.3, -0.25) is 4.79 Å². The van der Waals surface area contributed by atoms with Gasteiger partial charge in [0.2, 0.25) is 0 Å². The van der Waals surface area contributed by atoms with Gasteiger partial charge in [-0.25, -0.2) is 9.78 Å². The second-order valence-corrected chi connectivity index (χ2v) is 5.72. The van der Waals surface area contributed by atoms with Crippen molar-refractivity contribution in [3.8, 4) is 16.3 Å². The van der Waals surface area contributed by atoms with Crippen LogP contribution in [0.25, 0.3) is 10.6 Å². The molecule has 1 heterocycles. The maximum Gasteiger partial charge on any atom is 0.326 e. The van der Waals surface area contributed by atoms with Crippen LogP contribution in [0.3, 0.4) is 0 Å². The summed E-state index contributed by atoms with van der Waals surface area (Å²) in [5.41, 5.74) is 0.874. The number of aliphatic carboxylic acids is 1. The number of benzene rings is 1. The highest BCUT2D eigenvalue weighted by Gasteiger charge is 2.24. The fraction of sp³-hybridized carbons (Fsp3) is 0.267. The lowest BCUT2D eigenvalue weighted by Crippen LogP contribution is -2.39. The number of carbonyl (C=O) groups is 2. The first-order valence-electron chi connectivity index (χ1n) is 6.54. The maximum atomic E-state index is 12.2. The number of likely N-dealkylation sites (N-methyl/N-ethyl adjacent to an activating group) is 1. The first kappa shape index (κ1) is 16.0. The molecule has 1 amide bonds. The number of aromatic nitrogens is 1. The molecule has 0 bridgehead atoms. The van der Waals surface area contributed by atoms with Crippen LogP contribution in [0.1, 0.15) is 16.6 Å². The van der Waals surface area contributed by atoms with Crippen LogP contribution in [-0.4, -0.2) is 47.1 Å². The summed E-state index contributed by atoms with van der Waals surface area (Å²) >= 11 is 1.23. The lowest BCUT2D eigenvalue weighted by molar-refractivity contribution is -0.141. The van der Waals surface area contributed by atoms with Gasteiger partial charge in [0.1, 0.15) is 21.7 Å². The van der Waals surface area contributed by atoms with Crippen molar-refractivity contribution in [2.24, 2.45) is 0 Å². The molecule has 7 heteroatoms. The fourth-order valence-corrected chi connectivity index (χ4v) is 2.66. The summed E-state index contributed by atoms with van der Waals surface area (Å²) in [6.45, 7) is 1.46. The quantitative estimate of drug-likeness (QED) is 0.915. The number of carbonyl (C=O) groups excluding carboxylic acids is 1. The largest absolute Gasteiger partial charge is 0.497 e. The summed E-state index contributed by atoms with van der Waals surface area (Å²) in [6.07, 6.45) is 1.47. The van der Waals surface area contributed by atoms with E-state index in [1.807, 2.05) is 24.3 Å². The number of hydrogen-bond acceptors (Lipinski definition) is 5. The number of ether oxygens (including phenoxy) is 1. The van der Waals surface area contributed by atoms with Gasteiger partial charge in [0, 0.05) is 12.6 Å². The molecule has 0 aliphatic heterocycles. The Hall–Kier alpha value is -2.41. The molecule has 1 N–H and O–H groups in total. The van der Waals surface area contributed by atoms with Gasteiger partial charge >= 0.3 is 5.97 Å². The fourth-order valence-electron chi connectivity index (χ4n) is 1.76. The monoisotopic (exact) mass is 320 g/mol. The summed E-state index contributed by atoms with van der Waals surface area (Å²) in [5, 5.41) is 9.66. The van der Waals surface area contributed by atoms with Gasteiger partial charge in [-0.2, -0.15) is 0 Å². The molecule has 0 aliphatic carbocycles. The molecule has 2 rings (SSSR count). The summed E-state index contributed by atoms with van der Waals surface area (Å²) in [4.78, 5) is 29.0. The van der Waals surface area contributed by atoms with Gasteiger partial charge in [-0.1, -0.05) is 0 Å². The molecule has 1 atom stereocenters. The lowest BCUT2D eigenvalue weighted by Gasteiger charge is -2.20. The highest BCUT2D eigenvalue weighted by molar-refractivity contribution is 7.16. The summed E-state index contributed by atoms with van der Waals surface area (Å²) < 4.78 is 5.10. The third-order valence-electron chi connectivity index (χ3n) is 3.31. The normalized spacial score (nSPS) is 11.8. The van der Waals surface area contributed by atoms with Crippen LogP contribution in [0, 0.1) is 0 Å². The molecule has 0 spiro atoms. The molecular formula is C15H16N2O4S. The second kappa shape index (κ2) is 6.57. The van der Waals surface area contributed by atoms with Crippen molar-refractivity contribution < 1.29 is 19.4 Å². The molecule has 0 fully saturated rings. The van der Waals surface area contributed by atoms with E-state index in [2.05, 4.69) is 4.98 Å². The van der Waals surface area contributed by atoms with Crippen LogP contribution in [0.15, 0.2) is 30.5 Å². The standard InChI is InChI=1S/C15H16N2O4S/c1-9(15(19)20)17(2)14(18)12-8-16-13(22-12)10-4-6-11(21-3)7-5-10/h4-9H,1-3H3,(H,19,20). The molecule has 1 aromatic heterocycles. The number of nitrogens with zero attached hydrogens (tertiary/aromatic N) is 2. The average Bonchev–Trinajstić information content (AvgIpc) is 3.02. The number of hydrogen-bond donors (Lipinski definition) is 1. The van der Waals surface area contributed by atoms with Crippen molar-refractivity contribution in [3.05, 3.63) is 35.3 Å². The van der Waals surface area contributed by atoms with E-state index in [0.29, 0.717) is 9.88 Å². The first-order chi connectivity index (χ1) is 10.4. The molecule has 1 unspecified atom stereocenters. The Labute approximate surface area is 132 Å². The highest BCUT2D eigenvalue weighted by Crippen LogP contribution is 2.27. The van der Waals surface area contributed by atoms with Crippen molar-refractivity contribution in [2.45, 2.75) is 13.0 Å². The third kappa shape index (κ3) is 3.25. The lowest BCUT2D eigenvalue weighted by atomic mass is 10.2. The molecule has 1 aromatic carbocycles. The van der Waals surface area contributed by atoms with Gasteiger partial charge in [-0.05, 0) is 31.2 Å². The van der Waals surface area contributed by atoms with Gasteiger partial charge < -0.3 is 14.7 Å². The van der Waals surface area contributed by atoms with Crippen molar-refractivity contribution >= 4 is 23.2 Å². The number of amides is 1. The Kier molecular flexibility index (Phi) is 4.77. The molecule has 2 aromatic rings. The topological polar surface area (TPSA) is 79.7 Å². The Bertz CT molecular complexity index is 681. The van der Waals surface area contributed by atoms with Crippen molar-refractivity contribution in [1.82, 2.24) is 9.88 Å². The average molecular weight is 320 g/mol. The zero-order valence-electron chi connectivity index (χ0n) is 12.4. The van der Waals surface area contributed by atoms with Crippen LogP contribution in [0.2, 0.25) is 0 Å². The molecule has 22 heavy (non-hydrogen) atoms. The van der Waals surface area contributed by atoms with E-state index in [1.165, 1.54) is 36.4 Å². The van der Waals surface area contributed by atoms with E-state index in [9.17, 15) is 9.59 Å². The van der Waals surface area contributed by atoms with E-state index in [0.717, 1.165) is 11.3 Å². The molecule has 116 valence electrons. The van der Waals surface area contributed by atoms with Crippen LogP contribution in [0.5, 0.6) is 5.75 Å². The third-order valence-corrected chi connectivity index (χ3v) is 4.35. The van der Waals surface area contributed by atoms with Crippen LogP contribution < -0.4 is 4.74 Å². The zero-order valence-corrected chi connectivity index (χ0v) is 13.3. The molecule has 0 saturated heterocycles. The van der Waals surface area contributed by atoms with Gasteiger partial charge in [0.25, 0.3) is 5.91 Å². The SMILES string of the molecule is COc1ccc(-c2ncc(C(=O)N(C)C(C)C(=O)O)s2)cc1. The van der Waals surface area contributed by atoms with Crippen molar-refractivity contribution in [2.75, 3.05) is 14.2 Å². The first-order valence-corrected chi connectivity index (χ1v) is 7.36. The number of rotatable bonds is 5. The van der Waals surface area contributed by atoms with Gasteiger partial charge in [0.05, 0.1) is 13.3 Å². The highest BCUT2D eigenvalue weighted by atomic mass is 32.1. The van der Waals surface area contributed by atoms with Gasteiger partial charge in [-0.15, -0.1) is 11.3 Å². The Morgan fingerprint density at radius 3 is 2.50 bits per heavy atom. The van der Waals surface area contributed by atoms with Crippen molar-refractivity contribution in [1.29, 1.82) is 0 Å². The Morgan fingerprint density at radius 2 is 1.95 bits per heavy atom. The Morgan fingerprint density at radius 1 is 1.32 bits per heavy atom. The summed E-state index contributed by atoms with van der Waals surface area (Å²) in [5.74, 6) is -0.658. The van der Waals surface area contributed by atoms with Crippen LogP contribution in [-0.2, 0) is 4.79 Å². The van der Waals surface area contributed by atoms with Crippen molar-refractivity contribution in [3.63, 3.8) is 0 Å². The predicted octanol–water partition coefficient (Wildman–Crippen LogP) is 2.36. The molecule has 0 saturated carbocycles. The molecular weight excluding hydrogens is 304 g/mol. The minimum atomic E-state index is -1.05. The van der Waals surface area contributed by atoms with Crippen LogP contribution >= 0.6 is 11.3 Å². The molecule has 0 aliphatic rings. The predicted molar refractivity (Wildman–Crippen MR) is 83.3 cm³/mol. The van der Waals surface area contributed by atoms with E-state index in [1.54, 1.807) is 7.11 Å². The number of carboxylic acid groups (broad SMARTS) is 1. The summed E-state index contributed by atoms with van der Waals surface area (Å²) in [6, 6.07) is 6.46.